The molecule has 2 saturated heterocycles. The number of fused-ring (bicyclic) bond motifs is 1. The normalized spacial score (nSPS) is 23.6. The van der Waals surface area contributed by atoms with E-state index in [9.17, 15) is 28.6 Å². The molecule has 2 N–H and O–H groups in total. The lowest BCUT2D eigenvalue weighted by molar-refractivity contribution is -0.0326. The molecule has 202 valence electrons. The second kappa shape index (κ2) is 8.33. The molecule has 4 heterocycles. The van der Waals surface area contributed by atoms with Crippen LogP contribution in [0.5, 0.6) is 0 Å². The molecule has 2 atom stereocenters. The van der Waals surface area contributed by atoms with Gasteiger partial charge in [-0.25, -0.2) is 14.4 Å². The minimum absolute atomic E-state index is 0.0133. The molecular formula is C23H25F6N5O2S. The van der Waals surface area contributed by atoms with Gasteiger partial charge in [-0.3, -0.25) is 4.79 Å². The van der Waals surface area contributed by atoms with E-state index in [0.29, 0.717) is 48.5 Å². The first kappa shape index (κ1) is 25.8. The van der Waals surface area contributed by atoms with E-state index in [0.717, 1.165) is 18.3 Å². The van der Waals surface area contributed by atoms with Crippen molar-refractivity contribution in [2.24, 2.45) is 0 Å². The van der Waals surface area contributed by atoms with E-state index in [1.54, 1.807) is 0 Å². The first-order chi connectivity index (χ1) is 17.2. The summed E-state index contributed by atoms with van der Waals surface area (Å²) < 4.78 is 85.7. The van der Waals surface area contributed by atoms with Crippen molar-refractivity contribution in [3.8, 4) is 0 Å². The Kier molecular flexibility index (Phi) is 5.81. The number of hydrogen-bond acceptors (Lipinski definition) is 5. The fourth-order valence-corrected chi connectivity index (χ4v) is 5.54. The molecule has 1 aromatic carbocycles. The first-order valence-electron chi connectivity index (χ1n) is 11.7. The van der Waals surface area contributed by atoms with Crippen molar-refractivity contribution >= 4 is 27.3 Å². The maximum absolute atomic E-state index is 14.9. The predicted octanol–water partition coefficient (Wildman–Crippen LogP) is 5.82. The summed E-state index contributed by atoms with van der Waals surface area (Å²) in [4.78, 5) is 23.9. The van der Waals surface area contributed by atoms with Crippen molar-refractivity contribution < 1.29 is 33.4 Å². The van der Waals surface area contributed by atoms with E-state index in [1.165, 1.54) is 4.90 Å². The zero-order valence-electron chi connectivity index (χ0n) is 19.7. The highest BCUT2D eigenvalue weighted by molar-refractivity contribution is 8.45. The van der Waals surface area contributed by atoms with E-state index >= 15 is 0 Å². The van der Waals surface area contributed by atoms with E-state index in [4.69, 9.17) is 4.74 Å². The molecule has 0 aliphatic carbocycles. The van der Waals surface area contributed by atoms with Crippen LogP contribution in [0.2, 0.25) is 0 Å². The summed E-state index contributed by atoms with van der Waals surface area (Å²) in [7, 11) is -9.81. The maximum atomic E-state index is 14.9. The highest BCUT2D eigenvalue weighted by atomic mass is 32.5. The predicted molar refractivity (Wildman–Crippen MR) is 126 cm³/mol. The molecule has 0 radical (unpaired) electrons. The number of hydrogen-bond donors (Lipinski definition) is 2. The molecule has 0 bridgehead atoms. The summed E-state index contributed by atoms with van der Waals surface area (Å²) >= 11 is 0. The number of carbonyl (C=O) groups is 1. The lowest BCUT2D eigenvalue weighted by Gasteiger charge is -2.40. The summed E-state index contributed by atoms with van der Waals surface area (Å²) in [6.07, 6.45) is 1.54. The van der Waals surface area contributed by atoms with Gasteiger partial charge in [-0.15, -0.1) is 0 Å². The fraction of sp³-hybridized carbons (Fsp3) is 0.435. The van der Waals surface area contributed by atoms with Gasteiger partial charge in [-0.1, -0.05) is 19.4 Å². The second-order valence-corrected chi connectivity index (χ2v) is 11.9. The number of ether oxygens (including phenoxy) is 1. The minimum Gasteiger partial charge on any atom is -0.365 e. The molecule has 7 nitrogen and oxygen atoms in total. The zero-order valence-corrected chi connectivity index (χ0v) is 20.5. The Morgan fingerprint density at radius 3 is 2.38 bits per heavy atom. The highest BCUT2D eigenvalue weighted by Crippen LogP contribution is 3.02. The molecule has 0 spiro atoms. The Hall–Kier alpha value is -2.84. The fourth-order valence-electron chi connectivity index (χ4n) is 4.89. The number of amides is 1. The number of nitrogens with zero attached hydrogens (tertiary/aromatic N) is 3. The van der Waals surface area contributed by atoms with Crippen LogP contribution in [0.3, 0.4) is 0 Å². The van der Waals surface area contributed by atoms with Crippen LogP contribution in [0.4, 0.5) is 23.8 Å². The maximum Gasteiger partial charge on any atom is 0.310 e. The number of rotatable bonds is 4. The third-order valence-electron chi connectivity index (χ3n) is 6.73. The SMILES string of the molecule is CC1CNCC(c2nc3ncc(F)c(C4CCN(C(=O)c5ccc(S(F)(F)(F)(F)F)cc5)CC4)c3[nH]2)O1. The van der Waals surface area contributed by atoms with Gasteiger partial charge in [-0.2, -0.15) is 0 Å². The number of aromatic nitrogens is 3. The van der Waals surface area contributed by atoms with Gasteiger partial charge in [0.2, 0.25) is 0 Å². The van der Waals surface area contributed by atoms with E-state index in [-0.39, 0.29) is 48.9 Å². The van der Waals surface area contributed by atoms with Crippen LogP contribution >= 0.6 is 10.2 Å². The van der Waals surface area contributed by atoms with E-state index in [1.807, 2.05) is 6.92 Å². The molecule has 37 heavy (non-hydrogen) atoms. The molecule has 2 unspecified atom stereocenters. The number of aromatic amines is 1. The number of nitrogens with one attached hydrogen (secondary N) is 2. The lowest BCUT2D eigenvalue weighted by Crippen LogP contribution is -2.39. The Morgan fingerprint density at radius 2 is 1.76 bits per heavy atom. The number of imidazole rings is 1. The van der Waals surface area contributed by atoms with Crippen molar-refractivity contribution in [2.75, 3.05) is 26.2 Å². The van der Waals surface area contributed by atoms with Crippen LogP contribution < -0.4 is 5.32 Å². The number of carbonyl (C=O) groups excluding carboxylic acids is 1. The van der Waals surface area contributed by atoms with Crippen LogP contribution in [0.15, 0.2) is 35.4 Å². The second-order valence-electron chi connectivity index (χ2n) is 9.49. The van der Waals surface area contributed by atoms with Crippen molar-refractivity contribution in [3.63, 3.8) is 0 Å². The standard InChI is InChI=1S/C23H25F6N5O2S/c1-13-10-30-12-18(36-13)21-32-20-19(17(24)11-31-22(20)33-21)14-6-8-34(9-7-14)23(35)15-2-4-16(5-3-15)37(25,26,27,28)29/h2-5,11,13-14,18,30H,6-10,12H2,1H3,(H,31,32,33). The van der Waals surface area contributed by atoms with Gasteiger partial charge in [0.05, 0.1) is 17.8 Å². The van der Waals surface area contributed by atoms with Crippen molar-refractivity contribution in [1.82, 2.24) is 25.2 Å². The number of benzene rings is 1. The molecule has 2 aliphatic heterocycles. The van der Waals surface area contributed by atoms with Gasteiger partial charge < -0.3 is 19.9 Å². The van der Waals surface area contributed by atoms with Crippen LogP contribution in [0, 0.1) is 5.82 Å². The third-order valence-corrected chi connectivity index (χ3v) is 7.89. The van der Waals surface area contributed by atoms with Crippen LogP contribution in [-0.2, 0) is 4.74 Å². The zero-order chi connectivity index (χ0) is 26.7. The van der Waals surface area contributed by atoms with Crippen molar-refractivity contribution in [1.29, 1.82) is 0 Å². The largest absolute Gasteiger partial charge is 0.365 e. The van der Waals surface area contributed by atoms with Crippen molar-refractivity contribution in [2.45, 2.75) is 42.8 Å². The minimum atomic E-state index is -9.81. The van der Waals surface area contributed by atoms with Crippen LogP contribution in [-0.4, -0.2) is 58.0 Å². The average Bonchev–Trinajstić information content (AvgIpc) is 3.27. The lowest BCUT2D eigenvalue weighted by atomic mass is 9.88. The van der Waals surface area contributed by atoms with Crippen LogP contribution in [0.1, 0.15) is 53.5 Å². The van der Waals surface area contributed by atoms with Gasteiger partial charge in [-0.05, 0) is 49.9 Å². The molecule has 0 saturated carbocycles. The highest BCUT2D eigenvalue weighted by Gasteiger charge is 2.65. The van der Waals surface area contributed by atoms with Gasteiger partial charge >= 0.3 is 10.2 Å². The van der Waals surface area contributed by atoms with Gasteiger partial charge in [0.1, 0.15) is 22.6 Å². The third kappa shape index (κ3) is 5.27. The number of morpholine rings is 1. The molecule has 2 aromatic heterocycles. The molecule has 1 amide bonds. The summed E-state index contributed by atoms with van der Waals surface area (Å²) in [6.45, 7) is 3.62. The average molecular weight is 550 g/mol. The number of pyridine rings is 1. The van der Waals surface area contributed by atoms with Gasteiger partial charge in [0.25, 0.3) is 5.91 Å². The summed E-state index contributed by atoms with van der Waals surface area (Å²) in [5.41, 5.74) is 1.10. The van der Waals surface area contributed by atoms with Crippen molar-refractivity contribution in [3.05, 3.63) is 53.2 Å². The Morgan fingerprint density at radius 1 is 1.08 bits per heavy atom. The van der Waals surface area contributed by atoms with E-state index < -0.39 is 26.8 Å². The smallest absolute Gasteiger partial charge is 0.310 e. The Labute approximate surface area is 208 Å². The van der Waals surface area contributed by atoms with Gasteiger partial charge in [0.15, 0.2) is 5.65 Å². The number of H-pyrrole nitrogens is 1. The molecule has 3 aromatic rings. The quantitative estimate of drug-likeness (QED) is 0.401. The molecule has 5 rings (SSSR count). The summed E-state index contributed by atoms with van der Waals surface area (Å²) in [5.74, 6) is -0.804. The van der Waals surface area contributed by atoms with E-state index in [2.05, 4.69) is 20.3 Å². The molecule has 2 aliphatic rings. The number of piperidine rings is 1. The summed E-state index contributed by atoms with van der Waals surface area (Å²) in [5, 5.41) is 3.25. The number of likely N-dealkylation sites (tertiary alicyclic amines) is 1. The molecule has 2 fully saturated rings. The number of halogens is 6. The van der Waals surface area contributed by atoms with Gasteiger partial charge in [0, 0.05) is 37.3 Å². The monoisotopic (exact) mass is 549 g/mol. The first-order valence-corrected chi connectivity index (χ1v) is 13.7. The molecule has 14 heteroatoms. The summed E-state index contributed by atoms with van der Waals surface area (Å²) in [6, 6.07) is 1.96. The molecular weight excluding hydrogens is 524 g/mol. The Balaban J connectivity index is 1.31. The topological polar surface area (TPSA) is 83.1 Å². The van der Waals surface area contributed by atoms with Crippen LogP contribution in [0.25, 0.3) is 11.2 Å². The Bertz CT molecular complexity index is 1340.